The van der Waals surface area contributed by atoms with Crippen LogP contribution in [0.5, 0.6) is 5.75 Å². The molecule has 1 aromatic carbocycles. The molecule has 0 radical (unpaired) electrons. The number of nitro benzene ring substituents is 1. The monoisotopic (exact) mass is 346 g/mol. The van der Waals surface area contributed by atoms with E-state index in [0.717, 1.165) is 19.3 Å². The van der Waals surface area contributed by atoms with Crippen LogP contribution in [0.2, 0.25) is 0 Å². The van der Waals surface area contributed by atoms with Gasteiger partial charge in [0.05, 0.1) is 29.2 Å². The van der Waals surface area contributed by atoms with Crippen molar-refractivity contribution in [3.05, 3.63) is 28.3 Å². The van der Waals surface area contributed by atoms with Gasteiger partial charge in [0, 0.05) is 6.07 Å². The number of amides is 1. The van der Waals surface area contributed by atoms with Crippen LogP contribution in [0.1, 0.15) is 46.0 Å². The van der Waals surface area contributed by atoms with E-state index in [4.69, 9.17) is 4.74 Å². The van der Waals surface area contributed by atoms with Crippen LogP contribution in [0, 0.1) is 33.3 Å². The van der Waals surface area contributed by atoms with Crippen LogP contribution in [0.4, 0.5) is 11.4 Å². The van der Waals surface area contributed by atoms with E-state index < -0.39 is 4.92 Å². The van der Waals surface area contributed by atoms with Crippen LogP contribution >= 0.6 is 0 Å². The van der Waals surface area contributed by atoms with E-state index >= 15 is 0 Å². The Morgan fingerprint density at radius 2 is 1.88 bits per heavy atom. The molecule has 136 valence electrons. The Balaban J connectivity index is 1.85. The van der Waals surface area contributed by atoms with Crippen molar-refractivity contribution in [1.29, 1.82) is 0 Å². The van der Waals surface area contributed by atoms with E-state index in [2.05, 4.69) is 19.2 Å². The van der Waals surface area contributed by atoms with Gasteiger partial charge in [-0.25, -0.2) is 0 Å². The quantitative estimate of drug-likeness (QED) is 0.647. The summed E-state index contributed by atoms with van der Waals surface area (Å²) in [5.74, 6) is 2.08. The van der Waals surface area contributed by atoms with Crippen LogP contribution in [0.3, 0.4) is 0 Å². The summed E-state index contributed by atoms with van der Waals surface area (Å²) in [5, 5.41) is 13.9. The molecule has 1 amide bonds. The molecular formula is C19H26N2O4. The van der Waals surface area contributed by atoms with Crippen molar-refractivity contribution in [2.24, 2.45) is 23.2 Å². The molecule has 2 fully saturated rings. The van der Waals surface area contributed by atoms with E-state index in [9.17, 15) is 14.9 Å². The van der Waals surface area contributed by atoms with Crippen molar-refractivity contribution in [1.82, 2.24) is 0 Å². The van der Waals surface area contributed by atoms with Gasteiger partial charge in [-0.05, 0) is 55.9 Å². The molecule has 0 saturated heterocycles. The van der Waals surface area contributed by atoms with Gasteiger partial charge in [-0.2, -0.15) is 0 Å². The van der Waals surface area contributed by atoms with Gasteiger partial charge in [0.2, 0.25) is 5.91 Å². The fourth-order valence-corrected chi connectivity index (χ4v) is 5.13. The average molecular weight is 346 g/mol. The molecule has 6 heteroatoms. The third-order valence-electron chi connectivity index (χ3n) is 5.76. The molecule has 2 unspecified atom stereocenters. The lowest BCUT2D eigenvalue weighted by molar-refractivity contribution is -0.384. The first-order chi connectivity index (χ1) is 11.8. The highest BCUT2D eigenvalue weighted by Gasteiger charge is 2.49. The van der Waals surface area contributed by atoms with Gasteiger partial charge in [-0.15, -0.1) is 0 Å². The molecule has 2 saturated carbocycles. The van der Waals surface area contributed by atoms with Crippen LogP contribution in [-0.2, 0) is 4.79 Å². The van der Waals surface area contributed by atoms with Crippen molar-refractivity contribution >= 4 is 17.3 Å². The summed E-state index contributed by atoms with van der Waals surface area (Å²) in [7, 11) is 1.45. The Hall–Kier alpha value is -2.11. The zero-order chi connectivity index (χ0) is 18.2. The first-order valence-electron chi connectivity index (χ1n) is 8.97. The number of nitro groups is 1. The molecule has 0 heterocycles. The van der Waals surface area contributed by atoms with E-state index in [1.54, 1.807) is 6.07 Å². The van der Waals surface area contributed by atoms with Gasteiger partial charge in [0.1, 0.15) is 5.75 Å². The predicted molar refractivity (Wildman–Crippen MR) is 95.6 cm³/mol. The summed E-state index contributed by atoms with van der Waals surface area (Å²) < 4.78 is 5.25. The smallest absolute Gasteiger partial charge is 0.273 e. The standard InChI is InChI=1S/C19H26N2O4/c1-12-6-14-7-13(2)10-19(9-12,11-14)18(22)20-16-5-4-15(21(23)24)8-17(16)25-3/h4-5,8,12-14H,6-7,9-11H2,1-3H3,(H,20,22). The van der Waals surface area contributed by atoms with Gasteiger partial charge in [0.15, 0.2) is 0 Å². The zero-order valence-corrected chi connectivity index (χ0v) is 15.1. The van der Waals surface area contributed by atoms with Crippen molar-refractivity contribution in [3.8, 4) is 5.75 Å². The summed E-state index contributed by atoms with van der Waals surface area (Å²) in [6.07, 6.45) is 5.19. The lowest BCUT2D eigenvalue weighted by Gasteiger charge is -2.48. The molecular weight excluding hydrogens is 320 g/mol. The molecule has 2 aliphatic rings. The largest absolute Gasteiger partial charge is 0.494 e. The first-order valence-corrected chi connectivity index (χ1v) is 8.97. The zero-order valence-electron chi connectivity index (χ0n) is 15.1. The van der Waals surface area contributed by atoms with Gasteiger partial charge < -0.3 is 10.1 Å². The predicted octanol–water partition coefficient (Wildman–Crippen LogP) is 4.39. The molecule has 1 N–H and O–H groups in total. The molecule has 6 nitrogen and oxygen atoms in total. The molecule has 0 spiro atoms. The maximum Gasteiger partial charge on any atom is 0.273 e. The van der Waals surface area contributed by atoms with Crippen LogP contribution in [0.25, 0.3) is 0 Å². The highest BCUT2D eigenvalue weighted by Crippen LogP contribution is 2.53. The number of nitrogens with one attached hydrogen (secondary N) is 1. The maximum absolute atomic E-state index is 13.2. The summed E-state index contributed by atoms with van der Waals surface area (Å²) in [5.41, 5.74) is 0.124. The number of ether oxygens (including phenoxy) is 1. The fraction of sp³-hybridized carbons (Fsp3) is 0.632. The van der Waals surface area contributed by atoms with E-state index in [1.807, 2.05) is 0 Å². The topological polar surface area (TPSA) is 81.5 Å². The molecule has 3 rings (SSSR count). The Labute approximate surface area is 148 Å². The molecule has 0 aliphatic heterocycles. The van der Waals surface area contributed by atoms with Crippen LogP contribution in [0.15, 0.2) is 18.2 Å². The van der Waals surface area contributed by atoms with Crippen molar-refractivity contribution in [2.75, 3.05) is 12.4 Å². The number of hydrogen-bond acceptors (Lipinski definition) is 4. The third kappa shape index (κ3) is 3.48. The summed E-state index contributed by atoms with van der Waals surface area (Å²) in [6.45, 7) is 4.47. The minimum Gasteiger partial charge on any atom is -0.494 e. The lowest BCUT2D eigenvalue weighted by Crippen LogP contribution is -2.47. The third-order valence-corrected chi connectivity index (χ3v) is 5.76. The maximum atomic E-state index is 13.2. The van der Waals surface area contributed by atoms with Crippen LogP contribution in [-0.4, -0.2) is 17.9 Å². The average Bonchev–Trinajstić information content (AvgIpc) is 2.53. The Bertz CT molecular complexity index is 668. The second kappa shape index (κ2) is 6.65. The number of fused-ring (bicyclic) bond motifs is 2. The van der Waals surface area contributed by atoms with Crippen molar-refractivity contribution in [2.45, 2.75) is 46.0 Å². The molecule has 25 heavy (non-hydrogen) atoms. The van der Waals surface area contributed by atoms with Crippen molar-refractivity contribution < 1.29 is 14.5 Å². The Morgan fingerprint density at radius 1 is 1.24 bits per heavy atom. The van der Waals surface area contributed by atoms with Crippen LogP contribution < -0.4 is 10.1 Å². The number of hydrogen-bond donors (Lipinski definition) is 1. The lowest BCUT2D eigenvalue weighted by atomic mass is 9.56. The highest BCUT2D eigenvalue weighted by atomic mass is 16.6. The summed E-state index contributed by atoms with van der Waals surface area (Å²) >= 11 is 0. The summed E-state index contributed by atoms with van der Waals surface area (Å²) in [4.78, 5) is 23.6. The normalized spacial score (nSPS) is 31.2. The van der Waals surface area contributed by atoms with Gasteiger partial charge >= 0.3 is 0 Å². The van der Waals surface area contributed by atoms with E-state index in [1.165, 1.54) is 32.1 Å². The minimum absolute atomic E-state index is 0.0303. The summed E-state index contributed by atoms with van der Waals surface area (Å²) in [6, 6.07) is 4.30. The molecule has 2 atom stereocenters. The molecule has 2 aliphatic carbocycles. The number of carbonyl (C=O) groups excluding carboxylic acids is 1. The number of benzene rings is 1. The Morgan fingerprint density at radius 3 is 2.44 bits per heavy atom. The Kier molecular flexibility index (Phi) is 4.71. The fourth-order valence-electron chi connectivity index (χ4n) is 5.13. The number of carbonyl (C=O) groups is 1. The number of anilines is 1. The SMILES string of the molecule is COc1cc([N+](=O)[O-])ccc1NC(=O)C12CC(C)CC(CC(C)C1)C2. The molecule has 0 aromatic heterocycles. The van der Waals surface area contributed by atoms with Gasteiger partial charge in [0.25, 0.3) is 5.69 Å². The number of nitrogens with zero attached hydrogens (tertiary/aromatic N) is 1. The van der Waals surface area contributed by atoms with E-state index in [0.29, 0.717) is 29.2 Å². The van der Waals surface area contributed by atoms with Gasteiger partial charge in [-0.3, -0.25) is 14.9 Å². The molecule has 2 bridgehead atoms. The number of rotatable bonds is 4. The molecule has 1 aromatic rings. The van der Waals surface area contributed by atoms with Gasteiger partial charge in [-0.1, -0.05) is 13.8 Å². The minimum atomic E-state index is -0.469. The number of non-ortho nitro benzene ring substituents is 1. The van der Waals surface area contributed by atoms with Crippen molar-refractivity contribution in [3.63, 3.8) is 0 Å². The second-order valence-electron chi connectivity index (χ2n) is 8.04. The highest BCUT2D eigenvalue weighted by molar-refractivity contribution is 5.97. The van der Waals surface area contributed by atoms with E-state index in [-0.39, 0.29) is 17.0 Å². The second-order valence-corrected chi connectivity index (χ2v) is 8.04. The number of methoxy groups -OCH3 is 1. The first kappa shape index (κ1) is 17.7.